The molecule has 0 saturated heterocycles. The predicted octanol–water partition coefficient (Wildman–Crippen LogP) is 0.547. The normalized spacial score (nSPS) is 10.8. The number of aliphatic carboxylic acids is 1. The number of benzene rings is 1. The number of nitrogens with zero attached hydrogens (tertiary/aromatic N) is 2. The molecule has 1 N–H and O–H groups in total. The first-order valence-electron chi connectivity index (χ1n) is 5.02. The zero-order valence-electron chi connectivity index (χ0n) is 9.38. The van der Waals surface area contributed by atoms with Gasteiger partial charge in [-0.15, -0.1) is 0 Å². The molecule has 0 aliphatic rings. The number of fused-ring (bicyclic) bond motifs is 1. The summed E-state index contributed by atoms with van der Waals surface area (Å²) >= 11 is 3.23. The third-order valence-corrected chi connectivity index (χ3v) is 3.09. The van der Waals surface area contributed by atoms with Crippen LogP contribution < -0.4 is 11.2 Å². The van der Waals surface area contributed by atoms with Gasteiger partial charge in [-0.25, -0.2) is 4.79 Å². The van der Waals surface area contributed by atoms with E-state index in [1.54, 1.807) is 18.2 Å². The van der Waals surface area contributed by atoms with Crippen LogP contribution in [0.15, 0.2) is 32.3 Å². The number of carboxylic acids is 1. The van der Waals surface area contributed by atoms with E-state index in [9.17, 15) is 14.4 Å². The van der Waals surface area contributed by atoms with E-state index in [1.807, 2.05) is 0 Å². The molecular weight excluding hydrogens is 304 g/mol. The third kappa shape index (κ3) is 1.97. The molecule has 7 heteroatoms. The summed E-state index contributed by atoms with van der Waals surface area (Å²) in [4.78, 5) is 34.6. The van der Waals surface area contributed by atoms with E-state index in [2.05, 4.69) is 15.9 Å². The van der Waals surface area contributed by atoms with Crippen LogP contribution in [-0.2, 0) is 18.4 Å². The number of hydrogen-bond acceptors (Lipinski definition) is 3. The van der Waals surface area contributed by atoms with Crippen molar-refractivity contribution in [2.75, 3.05) is 0 Å². The molecule has 94 valence electrons. The lowest BCUT2D eigenvalue weighted by Gasteiger charge is -2.09. The molecule has 1 aromatic heterocycles. The van der Waals surface area contributed by atoms with Gasteiger partial charge in [-0.1, -0.05) is 15.9 Å². The Morgan fingerprint density at radius 1 is 1.39 bits per heavy atom. The van der Waals surface area contributed by atoms with Crippen molar-refractivity contribution in [3.8, 4) is 0 Å². The lowest BCUT2D eigenvalue weighted by atomic mass is 10.2. The molecule has 0 saturated carbocycles. The van der Waals surface area contributed by atoms with Crippen molar-refractivity contribution >= 4 is 32.8 Å². The van der Waals surface area contributed by atoms with Gasteiger partial charge in [0.05, 0.1) is 10.9 Å². The molecule has 1 heterocycles. The van der Waals surface area contributed by atoms with Gasteiger partial charge in [0, 0.05) is 11.5 Å². The van der Waals surface area contributed by atoms with E-state index in [1.165, 1.54) is 7.05 Å². The van der Waals surface area contributed by atoms with Crippen LogP contribution in [0, 0.1) is 0 Å². The summed E-state index contributed by atoms with van der Waals surface area (Å²) in [5.41, 5.74) is -0.774. The first-order chi connectivity index (χ1) is 8.41. The fourth-order valence-electron chi connectivity index (χ4n) is 1.75. The highest BCUT2D eigenvalue weighted by molar-refractivity contribution is 9.10. The first-order valence-corrected chi connectivity index (χ1v) is 5.82. The maximum Gasteiger partial charge on any atom is 0.331 e. The van der Waals surface area contributed by atoms with Crippen molar-refractivity contribution in [1.82, 2.24) is 9.13 Å². The van der Waals surface area contributed by atoms with Crippen LogP contribution in [0.1, 0.15) is 0 Å². The summed E-state index contributed by atoms with van der Waals surface area (Å²) < 4.78 is 2.65. The average molecular weight is 313 g/mol. The van der Waals surface area contributed by atoms with Crippen molar-refractivity contribution in [3.63, 3.8) is 0 Å². The van der Waals surface area contributed by atoms with Crippen LogP contribution in [0.5, 0.6) is 0 Å². The summed E-state index contributed by atoms with van der Waals surface area (Å²) in [5, 5.41) is 9.11. The van der Waals surface area contributed by atoms with Crippen molar-refractivity contribution < 1.29 is 9.90 Å². The largest absolute Gasteiger partial charge is 0.480 e. The highest BCUT2D eigenvalue weighted by Gasteiger charge is 2.12. The summed E-state index contributed by atoms with van der Waals surface area (Å²) in [6.45, 7) is -0.481. The second-order valence-corrected chi connectivity index (χ2v) is 4.70. The topological polar surface area (TPSA) is 81.3 Å². The molecule has 0 radical (unpaired) electrons. The van der Waals surface area contributed by atoms with Gasteiger partial charge in [0.1, 0.15) is 6.54 Å². The summed E-state index contributed by atoms with van der Waals surface area (Å²) in [7, 11) is 1.32. The standard InChI is InChI=1S/C11H9BrN2O4/c1-13-10(17)7-4-6(12)2-3-8(7)14(11(13)18)5-9(15)16/h2-4H,5H2,1H3,(H,15,16). The summed E-state index contributed by atoms with van der Waals surface area (Å²) in [6.07, 6.45) is 0. The van der Waals surface area contributed by atoms with Crippen LogP contribution in [0.2, 0.25) is 0 Å². The lowest BCUT2D eigenvalue weighted by molar-refractivity contribution is -0.137. The molecular formula is C11H9BrN2O4. The van der Waals surface area contributed by atoms with E-state index in [0.29, 0.717) is 15.4 Å². The molecule has 0 fully saturated rings. The van der Waals surface area contributed by atoms with Gasteiger partial charge in [-0.05, 0) is 18.2 Å². The molecule has 0 amide bonds. The molecule has 2 aromatic rings. The maximum atomic E-state index is 11.9. The van der Waals surface area contributed by atoms with Gasteiger partial charge >= 0.3 is 11.7 Å². The molecule has 0 spiro atoms. The van der Waals surface area contributed by atoms with E-state index in [-0.39, 0.29) is 0 Å². The van der Waals surface area contributed by atoms with Crippen LogP contribution >= 0.6 is 15.9 Å². The Morgan fingerprint density at radius 3 is 2.67 bits per heavy atom. The fourth-order valence-corrected chi connectivity index (χ4v) is 2.12. The second kappa shape index (κ2) is 4.41. The number of carboxylic acid groups (broad SMARTS) is 1. The molecule has 1 aromatic carbocycles. The number of carbonyl (C=O) groups is 1. The van der Waals surface area contributed by atoms with Crippen LogP contribution in [0.3, 0.4) is 0 Å². The minimum absolute atomic E-state index is 0.299. The second-order valence-electron chi connectivity index (χ2n) is 3.79. The summed E-state index contributed by atoms with van der Waals surface area (Å²) in [6, 6.07) is 4.76. The zero-order chi connectivity index (χ0) is 13.4. The molecule has 6 nitrogen and oxygen atoms in total. The SMILES string of the molecule is Cn1c(=O)c2cc(Br)ccc2n(CC(=O)O)c1=O. The molecule has 2 rings (SSSR count). The van der Waals surface area contributed by atoms with Crippen molar-refractivity contribution in [3.05, 3.63) is 43.5 Å². The van der Waals surface area contributed by atoms with E-state index in [4.69, 9.17) is 5.11 Å². The Morgan fingerprint density at radius 2 is 2.06 bits per heavy atom. The Labute approximate surface area is 109 Å². The van der Waals surface area contributed by atoms with Crippen molar-refractivity contribution in [2.24, 2.45) is 7.05 Å². The van der Waals surface area contributed by atoms with Crippen molar-refractivity contribution in [2.45, 2.75) is 6.54 Å². The average Bonchev–Trinajstić information content (AvgIpc) is 2.32. The van der Waals surface area contributed by atoms with Gasteiger partial charge in [-0.2, -0.15) is 0 Å². The Hall–Kier alpha value is -1.89. The summed E-state index contributed by atoms with van der Waals surface area (Å²) in [5.74, 6) is -1.14. The Balaban J connectivity index is 2.97. The zero-order valence-corrected chi connectivity index (χ0v) is 11.0. The number of halogens is 1. The number of hydrogen-bond donors (Lipinski definition) is 1. The molecule has 0 atom stereocenters. The third-order valence-electron chi connectivity index (χ3n) is 2.60. The smallest absolute Gasteiger partial charge is 0.331 e. The van der Waals surface area contributed by atoms with Gasteiger partial charge in [0.15, 0.2) is 0 Å². The lowest BCUT2D eigenvalue weighted by Crippen LogP contribution is -2.39. The number of aromatic nitrogens is 2. The maximum absolute atomic E-state index is 11.9. The van der Waals surface area contributed by atoms with Crippen LogP contribution in [-0.4, -0.2) is 20.2 Å². The quantitative estimate of drug-likeness (QED) is 0.878. The first kappa shape index (κ1) is 12.6. The number of rotatable bonds is 2. The van der Waals surface area contributed by atoms with Gasteiger partial charge in [0.25, 0.3) is 5.56 Å². The Kier molecular flexibility index (Phi) is 3.08. The van der Waals surface area contributed by atoms with Gasteiger partial charge < -0.3 is 5.11 Å². The van der Waals surface area contributed by atoms with Crippen LogP contribution in [0.25, 0.3) is 10.9 Å². The van der Waals surface area contributed by atoms with E-state index >= 15 is 0 Å². The highest BCUT2D eigenvalue weighted by Crippen LogP contribution is 2.15. The minimum atomic E-state index is -1.14. The molecule has 0 aliphatic carbocycles. The highest BCUT2D eigenvalue weighted by atomic mass is 79.9. The van der Waals surface area contributed by atoms with Crippen molar-refractivity contribution in [1.29, 1.82) is 0 Å². The van der Waals surface area contributed by atoms with Gasteiger partial charge in [0.2, 0.25) is 0 Å². The molecule has 0 unspecified atom stereocenters. The van der Waals surface area contributed by atoms with E-state index in [0.717, 1.165) is 9.13 Å². The van der Waals surface area contributed by atoms with Gasteiger partial charge in [-0.3, -0.25) is 18.7 Å². The van der Waals surface area contributed by atoms with E-state index < -0.39 is 23.8 Å². The molecule has 0 aliphatic heterocycles. The molecule has 0 bridgehead atoms. The Bertz CT molecular complexity index is 760. The minimum Gasteiger partial charge on any atom is -0.480 e. The predicted molar refractivity (Wildman–Crippen MR) is 68.8 cm³/mol. The monoisotopic (exact) mass is 312 g/mol. The fraction of sp³-hybridized carbons (Fsp3) is 0.182. The van der Waals surface area contributed by atoms with Crippen LogP contribution in [0.4, 0.5) is 0 Å². The molecule has 18 heavy (non-hydrogen) atoms.